The van der Waals surface area contributed by atoms with E-state index in [1.807, 2.05) is 71.8 Å². The quantitative estimate of drug-likeness (QED) is 0.474. The number of thiazole rings is 1. The Hall–Kier alpha value is -3.39. The van der Waals surface area contributed by atoms with Crippen molar-refractivity contribution in [2.24, 2.45) is 5.92 Å². The number of para-hydroxylation sites is 2. The molecule has 0 aliphatic carbocycles. The molecule has 0 spiro atoms. The Morgan fingerprint density at radius 1 is 1.06 bits per heavy atom. The fraction of sp³-hybridized carbons (Fsp3) is 0.346. The van der Waals surface area contributed by atoms with Gasteiger partial charge in [-0.2, -0.15) is 0 Å². The van der Waals surface area contributed by atoms with Crippen LogP contribution in [-0.4, -0.2) is 48.0 Å². The zero-order valence-corrected chi connectivity index (χ0v) is 20.1. The molecule has 8 heteroatoms. The molecule has 1 aromatic heterocycles. The average molecular weight is 480 g/mol. The van der Waals surface area contributed by atoms with Gasteiger partial charge in [0.15, 0.2) is 5.13 Å². The van der Waals surface area contributed by atoms with Crippen LogP contribution in [0.25, 0.3) is 11.3 Å². The number of nitrogens with zero attached hydrogens (tertiary/aromatic N) is 2. The number of piperidine rings is 1. The first-order chi connectivity index (χ1) is 16.6. The number of hydrogen-bond donors (Lipinski definition) is 1. The molecule has 0 bridgehead atoms. The van der Waals surface area contributed by atoms with Crippen molar-refractivity contribution < 1.29 is 19.1 Å². The highest BCUT2D eigenvalue weighted by Crippen LogP contribution is 2.32. The Balaban J connectivity index is 1.24. The lowest BCUT2D eigenvalue weighted by Crippen LogP contribution is -2.41. The van der Waals surface area contributed by atoms with Crippen LogP contribution in [0.2, 0.25) is 0 Å². The number of carbonyl (C=O) groups excluding carboxylic acids is 2. The molecule has 1 aliphatic heterocycles. The smallest absolute Gasteiger partial charge is 0.229 e. The van der Waals surface area contributed by atoms with Crippen LogP contribution in [0.5, 0.6) is 11.5 Å². The van der Waals surface area contributed by atoms with Crippen LogP contribution < -0.4 is 14.8 Å². The summed E-state index contributed by atoms with van der Waals surface area (Å²) >= 11 is 1.40. The summed E-state index contributed by atoms with van der Waals surface area (Å²) < 4.78 is 11.3. The first kappa shape index (κ1) is 23.8. The van der Waals surface area contributed by atoms with Gasteiger partial charge in [0.25, 0.3) is 0 Å². The van der Waals surface area contributed by atoms with Gasteiger partial charge in [0.2, 0.25) is 11.8 Å². The summed E-state index contributed by atoms with van der Waals surface area (Å²) in [6.07, 6.45) is 1.61. The van der Waals surface area contributed by atoms with Crippen molar-refractivity contribution in [2.75, 3.05) is 31.6 Å². The van der Waals surface area contributed by atoms with E-state index < -0.39 is 0 Å². The lowest BCUT2D eigenvalue weighted by molar-refractivity contribution is -0.135. The van der Waals surface area contributed by atoms with Crippen LogP contribution in [0.4, 0.5) is 5.13 Å². The summed E-state index contributed by atoms with van der Waals surface area (Å²) in [5, 5.41) is 5.45. The van der Waals surface area contributed by atoms with E-state index in [-0.39, 0.29) is 17.7 Å². The molecule has 0 radical (unpaired) electrons. The van der Waals surface area contributed by atoms with E-state index >= 15 is 0 Å². The van der Waals surface area contributed by atoms with Crippen molar-refractivity contribution in [3.05, 3.63) is 60.0 Å². The van der Waals surface area contributed by atoms with Crippen molar-refractivity contribution in [3.8, 4) is 22.8 Å². The number of benzene rings is 2. The zero-order valence-electron chi connectivity index (χ0n) is 19.2. The van der Waals surface area contributed by atoms with Crippen molar-refractivity contribution in [2.45, 2.75) is 26.2 Å². The standard InChI is InChI=1S/C26H29N3O4S/c1-2-32-23-11-7-6-10-21(23)22-18-34-26(27-22)28-25(31)19-12-15-29(16-13-19)24(30)14-17-33-20-8-4-3-5-9-20/h3-11,18-19H,2,12-17H2,1H3,(H,27,28,31). The minimum atomic E-state index is -0.132. The van der Waals surface area contributed by atoms with Crippen molar-refractivity contribution in [3.63, 3.8) is 0 Å². The Labute approximate surface area is 203 Å². The van der Waals surface area contributed by atoms with Gasteiger partial charge in [-0.25, -0.2) is 4.98 Å². The predicted octanol–water partition coefficient (Wildman–Crippen LogP) is 4.86. The summed E-state index contributed by atoms with van der Waals surface area (Å²) in [5.41, 5.74) is 1.69. The molecule has 178 valence electrons. The van der Waals surface area contributed by atoms with E-state index in [4.69, 9.17) is 9.47 Å². The maximum absolute atomic E-state index is 12.8. The number of rotatable bonds is 9. The number of nitrogens with one attached hydrogen (secondary N) is 1. The number of anilines is 1. The van der Waals surface area contributed by atoms with Crippen LogP contribution in [0.1, 0.15) is 26.2 Å². The summed E-state index contributed by atoms with van der Waals surface area (Å²) in [7, 11) is 0. The molecule has 0 atom stereocenters. The summed E-state index contributed by atoms with van der Waals surface area (Å²) in [6, 6.07) is 17.2. The Morgan fingerprint density at radius 2 is 1.79 bits per heavy atom. The Bertz CT molecular complexity index is 1090. The molecule has 0 unspecified atom stereocenters. The molecule has 2 aromatic carbocycles. The lowest BCUT2D eigenvalue weighted by atomic mass is 9.96. The van der Waals surface area contributed by atoms with Crippen molar-refractivity contribution >= 4 is 28.3 Å². The Morgan fingerprint density at radius 3 is 2.56 bits per heavy atom. The third-order valence-corrected chi connectivity index (χ3v) is 6.50. The molecule has 0 saturated carbocycles. The van der Waals surface area contributed by atoms with Crippen LogP contribution in [0.15, 0.2) is 60.0 Å². The number of likely N-dealkylation sites (tertiary alicyclic amines) is 1. The molecule has 1 fully saturated rings. The van der Waals surface area contributed by atoms with E-state index in [1.165, 1.54) is 11.3 Å². The molecule has 1 N–H and O–H groups in total. The molecule has 34 heavy (non-hydrogen) atoms. The summed E-state index contributed by atoms with van der Waals surface area (Å²) in [6.45, 7) is 4.02. The summed E-state index contributed by atoms with van der Waals surface area (Å²) in [4.78, 5) is 31.7. The normalized spacial score (nSPS) is 14.0. The number of hydrogen-bond acceptors (Lipinski definition) is 6. The van der Waals surface area contributed by atoms with Crippen LogP contribution in [0.3, 0.4) is 0 Å². The van der Waals surface area contributed by atoms with Gasteiger partial charge >= 0.3 is 0 Å². The van der Waals surface area contributed by atoms with Crippen LogP contribution in [0, 0.1) is 5.92 Å². The SMILES string of the molecule is CCOc1ccccc1-c1csc(NC(=O)C2CCN(C(=O)CCOc3ccccc3)CC2)n1. The Kier molecular flexibility index (Phi) is 8.14. The molecule has 1 aliphatic rings. The first-order valence-corrected chi connectivity index (χ1v) is 12.5. The molecule has 7 nitrogen and oxygen atoms in total. The van der Waals surface area contributed by atoms with Gasteiger partial charge in [0.1, 0.15) is 11.5 Å². The van der Waals surface area contributed by atoms with Gasteiger partial charge in [0.05, 0.1) is 25.3 Å². The van der Waals surface area contributed by atoms with E-state index in [2.05, 4.69) is 10.3 Å². The van der Waals surface area contributed by atoms with Gasteiger partial charge in [-0.1, -0.05) is 30.3 Å². The molecule has 2 heterocycles. The highest BCUT2D eigenvalue weighted by molar-refractivity contribution is 7.14. The van der Waals surface area contributed by atoms with Crippen molar-refractivity contribution in [1.82, 2.24) is 9.88 Å². The first-order valence-electron chi connectivity index (χ1n) is 11.6. The largest absolute Gasteiger partial charge is 0.493 e. The fourth-order valence-corrected chi connectivity index (χ4v) is 4.66. The molecule has 2 amide bonds. The van der Waals surface area contributed by atoms with Gasteiger partial charge in [-0.15, -0.1) is 11.3 Å². The van der Waals surface area contributed by atoms with Gasteiger partial charge in [-0.05, 0) is 44.0 Å². The maximum atomic E-state index is 12.8. The molecular formula is C26H29N3O4S. The second kappa shape index (κ2) is 11.7. The minimum absolute atomic E-state index is 0.0431. The monoisotopic (exact) mass is 479 g/mol. The van der Waals surface area contributed by atoms with Gasteiger partial charge in [0, 0.05) is 30.0 Å². The average Bonchev–Trinajstić information content (AvgIpc) is 3.33. The highest BCUT2D eigenvalue weighted by Gasteiger charge is 2.27. The zero-order chi connectivity index (χ0) is 23.8. The van der Waals surface area contributed by atoms with E-state index in [0.717, 1.165) is 22.8 Å². The minimum Gasteiger partial charge on any atom is -0.493 e. The second-order valence-corrected chi connectivity index (χ2v) is 8.88. The fourth-order valence-electron chi connectivity index (χ4n) is 3.94. The summed E-state index contributed by atoms with van der Waals surface area (Å²) in [5.74, 6) is 1.43. The second-order valence-electron chi connectivity index (χ2n) is 8.02. The topological polar surface area (TPSA) is 80.8 Å². The van der Waals surface area contributed by atoms with Crippen LogP contribution >= 0.6 is 11.3 Å². The maximum Gasteiger partial charge on any atom is 0.229 e. The highest BCUT2D eigenvalue weighted by atomic mass is 32.1. The molecule has 3 aromatic rings. The van der Waals surface area contributed by atoms with E-state index in [0.29, 0.717) is 50.7 Å². The molecule has 4 rings (SSSR count). The number of aromatic nitrogens is 1. The lowest BCUT2D eigenvalue weighted by Gasteiger charge is -2.31. The third kappa shape index (κ3) is 6.14. The number of ether oxygens (including phenoxy) is 2. The number of carbonyl (C=O) groups is 2. The van der Waals surface area contributed by atoms with E-state index in [9.17, 15) is 9.59 Å². The third-order valence-electron chi connectivity index (χ3n) is 5.74. The molecular weight excluding hydrogens is 450 g/mol. The van der Waals surface area contributed by atoms with Gasteiger partial charge in [-0.3, -0.25) is 9.59 Å². The molecule has 1 saturated heterocycles. The number of amides is 2. The predicted molar refractivity (Wildman–Crippen MR) is 133 cm³/mol. The van der Waals surface area contributed by atoms with E-state index in [1.54, 1.807) is 0 Å². The van der Waals surface area contributed by atoms with Crippen LogP contribution in [-0.2, 0) is 9.59 Å². The van der Waals surface area contributed by atoms with Crippen molar-refractivity contribution in [1.29, 1.82) is 0 Å². The van der Waals surface area contributed by atoms with Gasteiger partial charge < -0.3 is 19.7 Å².